The molecule has 1 heterocycles. The lowest BCUT2D eigenvalue weighted by atomic mass is 9.89. The zero-order chi connectivity index (χ0) is 11.7. The number of hydrogen-bond donors (Lipinski definition) is 2. The molecular weight excluding hydrogens is 224 g/mol. The van der Waals surface area contributed by atoms with E-state index < -0.39 is 0 Å². The van der Waals surface area contributed by atoms with Crippen molar-refractivity contribution in [1.29, 1.82) is 0 Å². The van der Waals surface area contributed by atoms with Crippen LogP contribution >= 0.6 is 11.6 Å². The molecule has 1 aromatic carbocycles. The molecule has 0 saturated heterocycles. The van der Waals surface area contributed by atoms with Gasteiger partial charge in [-0.1, -0.05) is 17.7 Å². The Bertz CT molecular complexity index is 431. The number of carbonyl (C=O) groups excluding carboxylic acids is 1. The maximum atomic E-state index is 11.8. The van der Waals surface area contributed by atoms with Gasteiger partial charge in [-0.15, -0.1) is 0 Å². The van der Waals surface area contributed by atoms with Gasteiger partial charge in [-0.25, -0.2) is 0 Å². The predicted octanol–water partition coefficient (Wildman–Crippen LogP) is 2.11. The number of halogens is 1. The van der Waals surface area contributed by atoms with Gasteiger partial charge < -0.3 is 11.1 Å². The van der Waals surface area contributed by atoms with Crippen molar-refractivity contribution in [3.63, 3.8) is 0 Å². The Labute approximate surface area is 100.0 Å². The highest BCUT2D eigenvalue weighted by molar-refractivity contribution is 6.32. The number of hydrogen-bond acceptors (Lipinski definition) is 2. The van der Waals surface area contributed by atoms with Crippen LogP contribution in [0.15, 0.2) is 12.1 Å². The molecule has 0 spiro atoms. The summed E-state index contributed by atoms with van der Waals surface area (Å²) in [4.78, 5) is 11.8. The number of nitrogens with two attached hydrogens (primary N) is 1. The maximum Gasteiger partial charge on any atom is 0.227 e. The van der Waals surface area contributed by atoms with E-state index in [1.165, 1.54) is 0 Å². The molecular formula is C12H15ClN2O. The van der Waals surface area contributed by atoms with Crippen LogP contribution in [0.4, 0.5) is 5.69 Å². The van der Waals surface area contributed by atoms with E-state index in [0.717, 1.165) is 21.8 Å². The fourth-order valence-corrected chi connectivity index (χ4v) is 2.35. The molecule has 1 aliphatic heterocycles. The second kappa shape index (κ2) is 4.44. The number of amides is 1. The predicted molar refractivity (Wildman–Crippen MR) is 65.7 cm³/mol. The van der Waals surface area contributed by atoms with Crippen LogP contribution in [0.1, 0.15) is 17.5 Å². The first-order chi connectivity index (χ1) is 7.63. The Hall–Kier alpha value is -1.06. The van der Waals surface area contributed by atoms with Gasteiger partial charge in [0.15, 0.2) is 0 Å². The first-order valence-electron chi connectivity index (χ1n) is 5.42. The highest BCUT2D eigenvalue weighted by Gasteiger charge is 2.27. The van der Waals surface area contributed by atoms with Crippen molar-refractivity contribution in [2.24, 2.45) is 11.7 Å². The zero-order valence-electron chi connectivity index (χ0n) is 9.22. The van der Waals surface area contributed by atoms with Crippen molar-refractivity contribution in [1.82, 2.24) is 0 Å². The van der Waals surface area contributed by atoms with Gasteiger partial charge in [0.25, 0.3) is 0 Å². The molecule has 4 heteroatoms. The van der Waals surface area contributed by atoms with Crippen LogP contribution in [0.2, 0.25) is 5.02 Å². The number of carbonyl (C=O) groups is 1. The second-order valence-corrected chi connectivity index (χ2v) is 4.59. The second-order valence-electron chi connectivity index (χ2n) is 4.19. The van der Waals surface area contributed by atoms with E-state index in [1.807, 2.05) is 19.1 Å². The van der Waals surface area contributed by atoms with Gasteiger partial charge in [-0.2, -0.15) is 0 Å². The molecule has 3 N–H and O–H groups in total. The smallest absolute Gasteiger partial charge is 0.227 e. The lowest BCUT2D eigenvalue weighted by Crippen LogP contribution is -2.32. The number of benzene rings is 1. The monoisotopic (exact) mass is 238 g/mol. The highest BCUT2D eigenvalue weighted by Crippen LogP contribution is 2.34. The van der Waals surface area contributed by atoms with E-state index in [1.54, 1.807) is 0 Å². The van der Waals surface area contributed by atoms with Crippen LogP contribution in [0.3, 0.4) is 0 Å². The van der Waals surface area contributed by atoms with Crippen molar-refractivity contribution in [2.45, 2.75) is 19.8 Å². The molecule has 1 atom stereocenters. The van der Waals surface area contributed by atoms with Gasteiger partial charge in [0.1, 0.15) is 0 Å². The molecule has 1 unspecified atom stereocenters. The number of rotatable bonds is 2. The fraction of sp³-hybridized carbons (Fsp3) is 0.417. The molecule has 1 aromatic rings. The van der Waals surface area contributed by atoms with E-state index in [0.29, 0.717) is 19.4 Å². The first-order valence-corrected chi connectivity index (χ1v) is 5.80. The molecule has 0 aliphatic carbocycles. The van der Waals surface area contributed by atoms with Crippen molar-refractivity contribution < 1.29 is 4.79 Å². The SMILES string of the molecule is Cc1ccc(Cl)c2c1NC(=O)C(CCN)C2. The molecule has 1 amide bonds. The van der Waals surface area contributed by atoms with Crippen LogP contribution in [-0.4, -0.2) is 12.5 Å². The van der Waals surface area contributed by atoms with Crippen LogP contribution < -0.4 is 11.1 Å². The maximum absolute atomic E-state index is 11.8. The van der Waals surface area contributed by atoms with Gasteiger partial charge in [0.2, 0.25) is 5.91 Å². The average molecular weight is 239 g/mol. The summed E-state index contributed by atoms with van der Waals surface area (Å²) in [6.07, 6.45) is 1.40. The minimum atomic E-state index is -0.0446. The summed E-state index contributed by atoms with van der Waals surface area (Å²) < 4.78 is 0. The van der Waals surface area contributed by atoms with Gasteiger partial charge in [-0.05, 0) is 43.5 Å². The lowest BCUT2D eigenvalue weighted by Gasteiger charge is -2.26. The Morgan fingerprint density at radius 3 is 3.00 bits per heavy atom. The van der Waals surface area contributed by atoms with Crippen LogP contribution in [0.25, 0.3) is 0 Å². The Balaban J connectivity index is 2.38. The highest BCUT2D eigenvalue weighted by atomic mass is 35.5. The molecule has 86 valence electrons. The Kier molecular flexibility index (Phi) is 3.17. The Morgan fingerprint density at radius 2 is 2.31 bits per heavy atom. The largest absolute Gasteiger partial charge is 0.330 e. The summed E-state index contributed by atoms with van der Waals surface area (Å²) >= 11 is 6.14. The minimum absolute atomic E-state index is 0.0446. The van der Waals surface area contributed by atoms with Crippen LogP contribution in [0, 0.1) is 12.8 Å². The summed E-state index contributed by atoms with van der Waals surface area (Å²) in [6, 6.07) is 3.80. The minimum Gasteiger partial charge on any atom is -0.330 e. The number of anilines is 1. The summed E-state index contributed by atoms with van der Waals surface area (Å²) in [7, 11) is 0. The number of nitrogens with one attached hydrogen (secondary N) is 1. The van der Waals surface area contributed by atoms with Crippen LogP contribution in [-0.2, 0) is 11.2 Å². The Morgan fingerprint density at radius 1 is 1.56 bits per heavy atom. The van der Waals surface area contributed by atoms with Crippen molar-refractivity contribution in [3.05, 3.63) is 28.3 Å². The molecule has 0 aromatic heterocycles. The van der Waals surface area contributed by atoms with Gasteiger partial charge >= 0.3 is 0 Å². The van der Waals surface area contributed by atoms with E-state index in [-0.39, 0.29) is 11.8 Å². The summed E-state index contributed by atoms with van der Waals surface area (Å²) in [6.45, 7) is 2.50. The third kappa shape index (κ3) is 1.93. The molecule has 0 fully saturated rings. The first kappa shape index (κ1) is 11.4. The molecule has 2 rings (SSSR count). The van der Waals surface area contributed by atoms with Crippen molar-refractivity contribution in [3.8, 4) is 0 Å². The molecule has 3 nitrogen and oxygen atoms in total. The molecule has 0 radical (unpaired) electrons. The average Bonchev–Trinajstić information content (AvgIpc) is 2.26. The quantitative estimate of drug-likeness (QED) is 0.829. The zero-order valence-corrected chi connectivity index (χ0v) is 9.97. The van der Waals surface area contributed by atoms with Gasteiger partial charge in [0, 0.05) is 16.6 Å². The topological polar surface area (TPSA) is 55.1 Å². The fourth-order valence-electron chi connectivity index (χ4n) is 2.11. The molecule has 0 saturated carbocycles. The van der Waals surface area contributed by atoms with Gasteiger partial charge in [0.05, 0.1) is 0 Å². The molecule has 1 aliphatic rings. The normalized spacial score (nSPS) is 19.2. The number of fused-ring (bicyclic) bond motifs is 1. The standard InChI is InChI=1S/C12H15ClN2O/c1-7-2-3-10(13)9-6-8(4-5-14)12(16)15-11(7)9/h2-3,8H,4-6,14H2,1H3,(H,15,16). The number of aryl methyl sites for hydroxylation is 1. The van der Waals surface area contributed by atoms with E-state index >= 15 is 0 Å². The van der Waals surface area contributed by atoms with Crippen molar-refractivity contribution in [2.75, 3.05) is 11.9 Å². The summed E-state index contributed by atoms with van der Waals surface area (Å²) in [5, 5.41) is 3.65. The molecule has 16 heavy (non-hydrogen) atoms. The third-order valence-electron chi connectivity index (χ3n) is 3.05. The van der Waals surface area contributed by atoms with E-state index in [4.69, 9.17) is 17.3 Å². The third-order valence-corrected chi connectivity index (χ3v) is 3.40. The van der Waals surface area contributed by atoms with E-state index in [9.17, 15) is 4.79 Å². The summed E-state index contributed by atoms with van der Waals surface area (Å²) in [5.74, 6) is 0.0140. The summed E-state index contributed by atoms with van der Waals surface area (Å²) in [5.41, 5.74) is 8.47. The lowest BCUT2D eigenvalue weighted by molar-refractivity contribution is -0.120. The van der Waals surface area contributed by atoms with Gasteiger partial charge in [-0.3, -0.25) is 4.79 Å². The van der Waals surface area contributed by atoms with E-state index in [2.05, 4.69) is 5.32 Å². The van der Waals surface area contributed by atoms with Crippen molar-refractivity contribution >= 4 is 23.2 Å². The molecule has 0 bridgehead atoms. The van der Waals surface area contributed by atoms with Crippen LogP contribution in [0.5, 0.6) is 0 Å².